The number of alkyl halides is 3. The summed E-state index contributed by atoms with van der Waals surface area (Å²) in [5.41, 5.74) is 2.92. The fourth-order valence-corrected chi connectivity index (χ4v) is 3.87. The molecule has 0 aliphatic carbocycles. The van der Waals surface area contributed by atoms with Crippen molar-refractivity contribution in [2.75, 3.05) is 16.8 Å². The highest BCUT2D eigenvalue weighted by molar-refractivity contribution is 6.07. The Morgan fingerprint density at radius 2 is 1.79 bits per heavy atom. The van der Waals surface area contributed by atoms with Crippen molar-refractivity contribution in [2.45, 2.75) is 26.1 Å². The van der Waals surface area contributed by atoms with Gasteiger partial charge in [-0.15, -0.1) is 0 Å². The Hall–Kier alpha value is -3.81. The van der Waals surface area contributed by atoms with Crippen LogP contribution in [0.4, 0.5) is 29.3 Å². The molecule has 0 saturated carbocycles. The van der Waals surface area contributed by atoms with Crippen LogP contribution in [0.25, 0.3) is 0 Å². The number of aryl methyl sites for hydroxylation is 1. The highest BCUT2D eigenvalue weighted by atomic mass is 19.4. The van der Waals surface area contributed by atoms with Gasteiger partial charge in [0.2, 0.25) is 0 Å². The number of carbonyl (C=O) groups excluding carboxylic acids is 2. The number of urea groups is 1. The van der Waals surface area contributed by atoms with Crippen molar-refractivity contribution in [1.29, 1.82) is 0 Å². The SMILES string of the molecule is Cc1cccc(C(=O)N2CCc3ccc(CNC(=O)Nc4ccccc4C(F)(F)F)cc32)c1. The third-order valence-electron chi connectivity index (χ3n) is 5.49. The number of nitrogens with one attached hydrogen (secondary N) is 2. The molecule has 3 aromatic rings. The minimum Gasteiger partial charge on any atom is -0.334 e. The molecule has 0 spiro atoms. The normalized spacial score (nSPS) is 12.9. The second-order valence-corrected chi connectivity index (χ2v) is 7.89. The number of amides is 3. The molecule has 1 aliphatic rings. The minimum atomic E-state index is -4.57. The van der Waals surface area contributed by atoms with Crippen molar-refractivity contribution < 1.29 is 22.8 Å². The second-order valence-electron chi connectivity index (χ2n) is 7.89. The number of para-hydroxylation sites is 1. The summed E-state index contributed by atoms with van der Waals surface area (Å²) in [4.78, 5) is 27.0. The monoisotopic (exact) mass is 453 g/mol. The summed E-state index contributed by atoms with van der Waals surface area (Å²) >= 11 is 0. The van der Waals surface area contributed by atoms with E-state index in [1.165, 1.54) is 18.2 Å². The summed E-state index contributed by atoms with van der Waals surface area (Å²) in [6, 6.07) is 17.0. The number of nitrogens with zero attached hydrogens (tertiary/aromatic N) is 1. The molecule has 0 radical (unpaired) electrons. The molecule has 4 rings (SSSR count). The van der Waals surface area contributed by atoms with Crippen LogP contribution in [0, 0.1) is 6.92 Å². The summed E-state index contributed by atoms with van der Waals surface area (Å²) in [7, 11) is 0. The summed E-state index contributed by atoms with van der Waals surface area (Å²) < 4.78 is 39.4. The minimum absolute atomic E-state index is 0.0935. The zero-order valence-corrected chi connectivity index (χ0v) is 17.9. The van der Waals surface area contributed by atoms with E-state index >= 15 is 0 Å². The van der Waals surface area contributed by atoms with Gasteiger partial charge < -0.3 is 15.5 Å². The van der Waals surface area contributed by atoms with Gasteiger partial charge in [0.25, 0.3) is 5.91 Å². The third-order valence-corrected chi connectivity index (χ3v) is 5.49. The molecule has 0 saturated heterocycles. The van der Waals surface area contributed by atoms with Crippen molar-refractivity contribution in [1.82, 2.24) is 5.32 Å². The molecule has 0 unspecified atom stereocenters. The fraction of sp³-hybridized carbons (Fsp3) is 0.200. The second kappa shape index (κ2) is 8.97. The lowest BCUT2D eigenvalue weighted by Gasteiger charge is -2.19. The predicted octanol–water partition coefficient (Wildman–Crippen LogP) is 5.54. The molecule has 0 atom stereocenters. The standard InChI is InChI=1S/C25H22F3N3O2/c1-16-5-4-6-19(13-16)23(32)31-12-11-18-10-9-17(14-22(18)31)15-29-24(33)30-21-8-3-2-7-20(21)25(26,27)28/h2-10,13-14H,11-12,15H2,1H3,(H2,29,30,33). The maximum Gasteiger partial charge on any atom is 0.418 e. The van der Waals surface area contributed by atoms with E-state index in [0.29, 0.717) is 12.1 Å². The Bertz CT molecular complexity index is 1210. The smallest absolute Gasteiger partial charge is 0.334 e. The van der Waals surface area contributed by atoms with Gasteiger partial charge in [0.15, 0.2) is 0 Å². The fourth-order valence-electron chi connectivity index (χ4n) is 3.87. The van der Waals surface area contributed by atoms with E-state index in [4.69, 9.17) is 0 Å². The molecule has 170 valence electrons. The maximum atomic E-state index is 13.1. The average molecular weight is 453 g/mol. The maximum absolute atomic E-state index is 13.1. The first kappa shape index (κ1) is 22.4. The predicted molar refractivity (Wildman–Crippen MR) is 120 cm³/mol. The third kappa shape index (κ3) is 5.00. The molecule has 0 bridgehead atoms. The zero-order valence-electron chi connectivity index (χ0n) is 17.9. The van der Waals surface area contributed by atoms with E-state index in [1.807, 2.05) is 43.3 Å². The van der Waals surface area contributed by atoms with Gasteiger partial charge in [-0.3, -0.25) is 4.79 Å². The van der Waals surface area contributed by atoms with Crippen molar-refractivity contribution >= 4 is 23.3 Å². The number of hydrogen-bond acceptors (Lipinski definition) is 2. The Balaban J connectivity index is 1.44. The lowest BCUT2D eigenvalue weighted by Crippen LogP contribution is -2.30. The van der Waals surface area contributed by atoms with Gasteiger partial charge in [-0.25, -0.2) is 4.79 Å². The Morgan fingerprint density at radius 3 is 2.55 bits per heavy atom. The van der Waals surface area contributed by atoms with Crippen LogP contribution in [-0.4, -0.2) is 18.5 Å². The van der Waals surface area contributed by atoms with Crippen LogP contribution in [-0.2, 0) is 19.1 Å². The van der Waals surface area contributed by atoms with E-state index in [9.17, 15) is 22.8 Å². The first-order valence-electron chi connectivity index (χ1n) is 10.4. The summed E-state index contributed by atoms with van der Waals surface area (Å²) in [6.07, 6.45) is -3.84. The molecule has 2 N–H and O–H groups in total. The van der Waals surface area contributed by atoms with E-state index in [-0.39, 0.29) is 18.1 Å². The molecular weight excluding hydrogens is 431 g/mol. The lowest BCUT2D eigenvalue weighted by atomic mass is 10.1. The molecular formula is C25H22F3N3O2. The number of halogens is 3. The van der Waals surface area contributed by atoms with Crippen LogP contribution in [0.3, 0.4) is 0 Å². The Kier molecular flexibility index (Phi) is 6.09. The van der Waals surface area contributed by atoms with Crippen LogP contribution < -0.4 is 15.5 Å². The van der Waals surface area contributed by atoms with E-state index in [2.05, 4.69) is 10.6 Å². The molecule has 3 aromatic carbocycles. The molecule has 5 nitrogen and oxygen atoms in total. The summed E-state index contributed by atoms with van der Waals surface area (Å²) in [5.74, 6) is -0.0935. The van der Waals surface area contributed by atoms with Crippen molar-refractivity contribution in [3.8, 4) is 0 Å². The van der Waals surface area contributed by atoms with Gasteiger partial charge in [0.05, 0.1) is 11.3 Å². The van der Waals surface area contributed by atoms with E-state index in [1.54, 1.807) is 11.0 Å². The largest absolute Gasteiger partial charge is 0.418 e. The number of anilines is 2. The quantitative estimate of drug-likeness (QED) is 0.545. The first-order valence-corrected chi connectivity index (χ1v) is 10.4. The van der Waals surface area contributed by atoms with E-state index < -0.39 is 17.8 Å². The number of carbonyl (C=O) groups is 2. The Morgan fingerprint density at radius 1 is 1.00 bits per heavy atom. The summed E-state index contributed by atoms with van der Waals surface area (Å²) in [5, 5.41) is 4.84. The topological polar surface area (TPSA) is 61.4 Å². The van der Waals surface area contributed by atoms with Crippen LogP contribution in [0.1, 0.15) is 32.6 Å². The van der Waals surface area contributed by atoms with Crippen LogP contribution in [0.2, 0.25) is 0 Å². The van der Waals surface area contributed by atoms with Gasteiger partial charge in [0.1, 0.15) is 0 Å². The number of benzene rings is 3. The molecule has 1 aliphatic heterocycles. The van der Waals surface area contributed by atoms with Crippen LogP contribution >= 0.6 is 0 Å². The highest BCUT2D eigenvalue weighted by Crippen LogP contribution is 2.34. The average Bonchev–Trinajstić information content (AvgIpc) is 3.20. The number of fused-ring (bicyclic) bond motifs is 1. The summed E-state index contributed by atoms with van der Waals surface area (Å²) in [6.45, 7) is 2.59. The molecule has 8 heteroatoms. The molecule has 0 aromatic heterocycles. The van der Waals surface area contributed by atoms with Crippen LogP contribution in [0.5, 0.6) is 0 Å². The van der Waals surface area contributed by atoms with Gasteiger partial charge in [0, 0.05) is 24.3 Å². The Labute approximate surface area is 189 Å². The van der Waals surface area contributed by atoms with E-state index in [0.717, 1.165) is 34.9 Å². The number of rotatable bonds is 4. The van der Waals surface area contributed by atoms with Gasteiger partial charge >= 0.3 is 12.2 Å². The first-order chi connectivity index (χ1) is 15.7. The van der Waals surface area contributed by atoms with Gasteiger partial charge in [-0.2, -0.15) is 13.2 Å². The van der Waals surface area contributed by atoms with Crippen molar-refractivity contribution in [3.05, 3.63) is 94.5 Å². The number of hydrogen-bond donors (Lipinski definition) is 2. The van der Waals surface area contributed by atoms with Crippen molar-refractivity contribution in [3.63, 3.8) is 0 Å². The lowest BCUT2D eigenvalue weighted by molar-refractivity contribution is -0.136. The van der Waals surface area contributed by atoms with Crippen LogP contribution in [0.15, 0.2) is 66.7 Å². The van der Waals surface area contributed by atoms with Gasteiger partial charge in [-0.05, 0) is 54.8 Å². The highest BCUT2D eigenvalue weighted by Gasteiger charge is 2.33. The van der Waals surface area contributed by atoms with Gasteiger partial charge in [-0.1, -0.05) is 42.0 Å². The van der Waals surface area contributed by atoms with Crippen molar-refractivity contribution in [2.24, 2.45) is 0 Å². The molecule has 3 amide bonds. The molecule has 0 fully saturated rings. The zero-order chi connectivity index (χ0) is 23.6. The molecule has 33 heavy (non-hydrogen) atoms. The molecule has 1 heterocycles.